The van der Waals surface area contributed by atoms with Gasteiger partial charge < -0.3 is 4.90 Å². The van der Waals surface area contributed by atoms with Crippen molar-refractivity contribution < 1.29 is 4.79 Å². The summed E-state index contributed by atoms with van der Waals surface area (Å²) >= 11 is 1.68. The van der Waals surface area contributed by atoms with E-state index in [1.54, 1.807) is 11.8 Å². The molecule has 0 radical (unpaired) electrons. The fourth-order valence-electron chi connectivity index (χ4n) is 2.41. The molecule has 0 aliphatic carbocycles. The van der Waals surface area contributed by atoms with Crippen molar-refractivity contribution in [2.24, 2.45) is 0 Å². The van der Waals surface area contributed by atoms with E-state index < -0.39 is 0 Å². The van der Waals surface area contributed by atoms with Crippen LogP contribution in [-0.4, -0.2) is 17.7 Å². The van der Waals surface area contributed by atoms with Crippen LogP contribution in [-0.2, 0) is 10.5 Å². The van der Waals surface area contributed by atoms with Gasteiger partial charge in [0.1, 0.15) is 0 Å². The third-order valence-electron chi connectivity index (χ3n) is 3.56. The number of nitrogens with zero attached hydrogens (tertiary/aromatic N) is 1. The van der Waals surface area contributed by atoms with E-state index >= 15 is 0 Å². The number of thioether (sulfide) groups is 1. The maximum atomic E-state index is 12.6. The minimum absolute atomic E-state index is 0.161. The summed E-state index contributed by atoms with van der Waals surface area (Å²) in [5, 5.41) is 0. The summed E-state index contributed by atoms with van der Waals surface area (Å²) in [5.41, 5.74) is 3.56. The molecule has 3 heteroatoms. The van der Waals surface area contributed by atoms with Crippen molar-refractivity contribution >= 4 is 23.4 Å². The van der Waals surface area contributed by atoms with Crippen molar-refractivity contribution in [2.75, 3.05) is 10.7 Å². The fourth-order valence-corrected chi connectivity index (χ4v) is 3.37. The van der Waals surface area contributed by atoms with Crippen LogP contribution in [0.1, 0.15) is 25.0 Å². The van der Waals surface area contributed by atoms with Gasteiger partial charge in [0.05, 0.1) is 5.75 Å². The summed E-state index contributed by atoms with van der Waals surface area (Å²) in [5.74, 6) is 1.54. The molecule has 0 saturated heterocycles. The number of anilines is 1. The Hall–Kier alpha value is -1.74. The average molecular weight is 313 g/mol. The summed E-state index contributed by atoms with van der Waals surface area (Å²) in [6.45, 7) is 6.22. The van der Waals surface area contributed by atoms with E-state index in [1.165, 1.54) is 11.1 Å². The molecule has 0 fully saturated rings. The lowest BCUT2D eigenvalue weighted by atomic mass is 10.1. The second-order valence-corrected chi connectivity index (χ2v) is 6.60. The van der Waals surface area contributed by atoms with Crippen molar-refractivity contribution in [1.29, 1.82) is 0 Å². The molecule has 0 atom stereocenters. The highest BCUT2D eigenvalue weighted by molar-refractivity contribution is 7.99. The fraction of sp³-hybridized carbons (Fsp3) is 0.316. The molecule has 1 amide bonds. The quantitative estimate of drug-likeness (QED) is 0.772. The van der Waals surface area contributed by atoms with E-state index in [9.17, 15) is 4.79 Å². The molecular weight excluding hydrogens is 290 g/mol. The van der Waals surface area contributed by atoms with Crippen molar-refractivity contribution in [3.05, 3.63) is 65.7 Å². The summed E-state index contributed by atoms with van der Waals surface area (Å²) in [4.78, 5) is 14.4. The zero-order chi connectivity index (χ0) is 15.9. The Balaban J connectivity index is 1.96. The third-order valence-corrected chi connectivity index (χ3v) is 4.53. The van der Waals surface area contributed by atoms with Crippen LogP contribution in [0.2, 0.25) is 0 Å². The standard InChI is InChI=1S/C19H23NOS/c1-15(2)20(18-11-5-4-6-12-18)19(21)14-22-13-17-10-8-7-9-16(17)3/h4-12,15H,13-14H2,1-3H3. The summed E-state index contributed by atoms with van der Waals surface area (Å²) < 4.78 is 0. The molecule has 0 heterocycles. The van der Waals surface area contributed by atoms with Crippen molar-refractivity contribution in [3.8, 4) is 0 Å². The molecule has 0 N–H and O–H groups in total. The molecule has 0 unspecified atom stereocenters. The molecule has 0 spiro atoms. The number of para-hydroxylation sites is 1. The van der Waals surface area contributed by atoms with Gasteiger partial charge in [-0.1, -0.05) is 42.5 Å². The minimum Gasteiger partial charge on any atom is -0.309 e. The lowest BCUT2D eigenvalue weighted by molar-refractivity contribution is -0.116. The minimum atomic E-state index is 0.161. The van der Waals surface area contributed by atoms with E-state index in [1.807, 2.05) is 41.3 Å². The Morgan fingerprint density at radius 1 is 1.05 bits per heavy atom. The van der Waals surface area contributed by atoms with Gasteiger partial charge in [-0.05, 0) is 44.0 Å². The van der Waals surface area contributed by atoms with Crippen molar-refractivity contribution in [3.63, 3.8) is 0 Å². The first-order valence-electron chi connectivity index (χ1n) is 7.59. The maximum Gasteiger partial charge on any atom is 0.237 e. The lowest BCUT2D eigenvalue weighted by Crippen LogP contribution is -2.38. The Kier molecular flexibility index (Phi) is 6.08. The number of amides is 1. The van der Waals surface area contributed by atoms with Crippen LogP contribution < -0.4 is 4.90 Å². The van der Waals surface area contributed by atoms with E-state index in [2.05, 4.69) is 39.0 Å². The highest BCUT2D eigenvalue weighted by atomic mass is 32.2. The second-order valence-electron chi connectivity index (χ2n) is 5.61. The number of hydrogen-bond donors (Lipinski definition) is 0. The van der Waals surface area contributed by atoms with Gasteiger partial charge in [-0.25, -0.2) is 0 Å². The smallest absolute Gasteiger partial charge is 0.237 e. The number of hydrogen-bond acceptors (Lipinski definition) is 2. The van der Waals surface area contributed by atoms with Gasteiger partial charge in [-0.2, -0.15) is 0 Å². The molecule has 2 rings (SSSR count). The van der Waals surface area contributed by atoms with Gasteiger partial charge in [0.25, 0.3) is 0 Å². The molecule has 0 saturated carbocycles. The zero-order valence-electron chi connectivity index (χ0n) is 13.5. The Bertz CT molecular complexity index is 610. The van der Waals surface area contributed by atoms with Crippen LogP contribution in [0.4, 0.5) is 5.69 Å². The summed E-state index contributed by atoms with van der Waals surface area (Å²) in [6.07, 6.45) is 0. The number of rotatable bonds is 6. The van der Waals surface area contributed by atoms with Gasteiger partial charge in [-0.3, -0.25) is 4.79 Å². The first-order valence-corrected chi connectivity index (χ1v) is 8.74. The Labute approximate surface area is 137 Å². The first-order chi connectivity index (χ1) is 10.6. The third kappa shape index (κ3) is 4.38. The van der Waals surface area contributed by atoms with Gasteiger partial charge >= 0.3 is 0 Å². The monoisotopic (exact) mass is 313 g/mol. The molecule has 2 aromatic carbocycles. The predicted octanol–water partition coefficient (Wildman–Crippen LogP) is 4.67. The Morgan fingerprint density at radius 2 is 1.68 bits per heavy atom. The number of benzene rings is 2. The molecule has 116 valence electrons. The van der Waals surface area contributed by atoms with E-state index in [0.29, 0.717) is 5.75 Å². The number of carbonyl (C=O) groups excluding carboxylic acids is 1. The van der Waals surface area contributed by atoms with Crippen LogP contribution in [0.5, 0.6) is 0 Å². The molecule has 0 aliphatic rings. The highest BCUT2D eigenvalue weighted by Crippen LogP contribution is 2.20. The molecule has 2 aromatic rings. The van der Waals surface area contributed by atoms with Crippen molar-refractivity contribution in [2.45, 2.75) is 32.6 Å². The highest BCUT2D eigenvalue weighted by Gasteiger charge is 2.18. The lowest BCUT2D eigenvalue weighted by Gasteiger charge is -2.26. The normalized spacial score (nSPS) is 10.7. The average Bonchev–Trinajstić information content (AvgIpc) is 2.50. The number of carbonyl (C=O) groups is 1. The van der Waals surface area contributed by atoms with Gasteiger partial charge in [0.2, 0.25) is 5.91 Å². The summed E-state index contributed by atoms with van der Waals surface area (Å²) in [7, 11) is 0. The second kappa shape index (κ2) is 8.04. The van der Waals surface area contributed by atoms with Gasteiger partial charge in [0.15, 0.2) is 0 Å². The van der Waals surface area contributed by atoms with Crippen LogP contribution in [0, 0.1) is 6.92 Å². The first kappa shape index (κ1) is 16.6. The van der Waals surface area contributed by atoms with Crippen LogP contribution >= 0.6 is 11.8 Å². The Morgan fingerprint density at radius 3 is 2.32 bits per heavy atom. The summed E-state index contributed by atoms with van der Waals surface area (Å²) in [6, 6.07) is 18.4. The molecule has 22 heavy (non-hydrogen) atoms. The molecule has 2 nitrogen and oxygen atoms in total. The van der Waals surface area contributed by atoms with Gasteiger partial charge in [0, 0.05) is 17.5 Å². The largest absolute Gasteiger partial charge is 0.309 e. The molecule has 0 aromatic heterocycles. The van der Waals surface area contributed by atoms with Gasteiger partial charge in [-0.15, -0.1) is 11.8 Å². The van der Waals surface area contributed by atoms with Crippen LogP contribution in [0.25, 0.3) is 0 Å². The predicted molar refractivity (Wildman–Crippen MR) is 96.4 cm³/mol. The molecule has 0 bridgehead atoms. The SMILES string of the molecule is Cc1ccccc1CSCC(=O)N(c1ccccc1)C(C)C. The zero-order valence-corrected chi connectivity index (χ0v) is 14.3. The molecular formula is C19H23NOS. The maximum absolute atomic E-state index is 12.6. The van der Waals surface area contributed by atoms with E-state index in [4.69, 9.17) is 0 Å². The van der Waals surface area contributed by atoms with E-state index in [0.717, 1.165) is 11.4 Å². The van der Waals surface area contributed by atoms with Crippen LogP contribution in [0.3, 0.4) is 0 Å². The van der Waals surface area contributed by atoms with E-state index in [-0.39, 0.29) is 11.9 Å². The number of aryl methyl sites for hydroxylation is 1. The van der Waals surface area contributed by atoms with Crippen LogP contribution in [0.15, 0.2) is 54.6 Å². The topological polar surface area (TPSA) is 20.3 Å². The molecule has 0 aliphatic heterocycles. The van der Waals surface area contributed by atoms with Crippen molar-refractivity contribution in [1.82, 2.24) is 0 Å².